The van der Waals surface area contributed by atoms with Gasteiger partial charge in [0.25, 0.3) is 0 Å². The summed E-state index contributed by atoms with van der Waals surface area (Å²) < 4.78 is 13.2. The Morgan fingerprint density at radius 3 is 2.48 bits per heavy atom. The number of rotatable bonds is 6. The summed E-state index contributed by atoms with van der Waals surface area (Å²) in [6.45, 7) is 2.55. The third-order valence-corrected chi connectivity index (χ3v) is 10.8. The summed E-state index contributed by atoms with van der Waals surface area (Å²) >= 11 is 0. The van der Waals surface area contributed by atoms with Crippen molar-refractivity contribution in [2.45, 2.75) is 101 Å². The second-order valence-corrected chi connectivity index (χ2v) is 13.5. The first-order valence-electron chi connectivity index (χ1n) is 17.0. The van der Waals surface area contributed by atoms with Crippen molar-refractivity contribution in [2.24, 2.45) is 11.8 Å². The lowest BCUT2D eigenvalue weighted by Gasteiger charge is -2.39. The molecule has 1 saturated carbocycles. The molecule has 1 aromatic rings. The second-order valence-electron chi connectivity index (χ2n) is 13.5. The Labute approximate surface area is 271 Å². The van der Waals surface area contributed by atoms with Gasteiger partial charge in [0.1, 0.15) is 23.7 Å². The molecule has 0 unspecified atom stereocenters. The Kier molecular flexibility index (Phi) is 9.66. The lowest BCUT2D eigenvalue weighted by atomic mass is 9.77. The van der Waals surface area contributed by atoms with Gasteiger partial charge in [-0.2, -0.15) is 0 Å². The molecule has 4 heterocycles. The molecule has 46 heavy (non-hydrogen) atoms. The van der Waals surface area contributed by atoms with Crippen LogP contribution in [0.25, 0.3) is 0 Å². The van der Waals surface area contributed by atoms with Crippen LogP contribution >= 0.6 is 0 Å². The molecule has 2 saturated heterocycles. The van der Waals surface area contributed by atoms with E-state index in [1.54, 1.807) is 22.9 Å². The summed E-state index contributed by atoms with van der Waals surface area (Å²) in [6.07, 6.45) is 12.7. The molecule has 1 aliphatic carbocycles. The third kappa shape index (κ3) is 5.79. The minimum absolute atomic E-state index is 0.0162. The molecule has 10 heteroatoms. The average Bonchev–Trinajstić information content (AvgIpc) is 3.45. The van der Waals surface area contributed by atoms with E-state index >= 15 is 0 Å². The monoisotopic (exact) mass is 633 g/mol. The van der Waals surface area contributed by atoms with Crippen molar-refractivity contribution in [3.63, 3.8) is 0 Å². The van der Waals surface area contributed by atoms with E-state index in [4.69, 9.17) is 9.47 Å². The van der Waals surface area contributed by atoms with E-state index in [2.05, 4.69) is 0 Å². The number of unbranched alkanes of at least 4 members (excludes halogenated alkanes) is 1. The molecule has 6 rings (SSSR count). The highest BCUT2D eigenvalue weighted by atomic mass is 16.6. The van der Waals surface area contributed by atoms with E-state index in [-0.39, 0.29) is 43.3 Å². The van der Waals surface area contributed by atoms with Gasteiger partial charge in [-0.15, -0.1) is 0 Å². The Balaban J connectivity index is 1.41. The number of fused-ring (bicyclic) bond motifs is 2. The number of allylic oxidation sites excluding steroid dienone is 1. The number of nitrogens with zero attached hydrogens (tertiary/aromatic N) is 3. The molecule has 0 radical (unpaired) electrons. The van der Waals surface area contributed by atoms with Crippen LogP contribution in [0.2, 0.25) is 0 Å². The highest BCUT2D eigenvalue weighted by molar-refractivity contribution is 5.99. The van der Waals surface area contributed by atoms with Crippen LogP contribution in [0.5, 0.6) is 0 Å². The number of amides is 3. The predicted octanol–water partition coefficient (Wildman–Crippen LogP) is 3.55. The third-order valence-electron chi connectivity index (χ3n) is 10.8. The summed E-state index contributed by atoms with van der Waals surface area (Å²) in [5.74, 6) is -3.05. The van der Waals surface area contributed by atoms with E-state index in [1.165, 1.54) is 0 Å². The number of hydrogen-bond donors (Lipinski definition) is 1. The van der Waals surface area contributed by atoms with Crippen molar-refractivity contribution in [1.82, 2.24) is 14.7 Å². The van der Waals surface area contributed by atoms with Crippen LogP contribution in [0.1, 0.15) is 76.4 Å². The van der Waals surface area contributed by atoms with E-state index in [1.807, 2.05) is 60.4 Å². The molecule has 4 aliphatic heterocycles. The molecule has 3 amide bonds. The fourth-order valence-electron chi connectivity index (χ4n) is 8.26. The van der Waals surface area contributed by atoms with Crippen molar-refractivity contribution < 1.29 is 33.8 Å². The largest absolute Gasteiger partial charge is 0.455 e. The molecule has 0 bridgehead atoms. The maximum atomic E-state index is 14.6. The van der Waals surface area contributed by atoms with Crippen LogP contribution < -0.4 is 0 Å². The molecule has 5 aliphatic rings. The number of carbonyl (C=O) groups excluding carboxylic acids is 4. The number of likely N-dealkylation sites (N-methyl/N-ethyl adjacent to an activating group) is 1. The number of esters is 1. The normalized spacial score (nSPS) is 34.7. The predicted molar refractivity (Wildman–Crippen MR) is 170 cm³/mol. The molecular weight excluding hydrogens is 586 g/mol. The Hall–Kier alpha value is -3.50. The minimum atomic E-state index is -1.35. The lowest BCUT2D eigenvalue weighted by Crippen LogP contribution is -2.57. The minimum Gasteiger partial charge on any atom is -0.455 e. The van der Waals surface area contributed by atoms with Crippen molar-refractivity contribution in [1.29, 1.82) is 0 Å². The summed E-state index contributed by atoms with van der Waals surface area (Å²) in [4.78, 5) is 61.9. The van der Waals surface area contributed by atoms with Gasteiger partial charge in [-0.05, 0) is 44.6 Å². The number of aliphatic hydroxyl groups is 1. The van der Waals surface area contributed by atoms with Crippen molar-refractivity contribution in [3.05, 3.63) is 60.2 Å². The fourth-order valence-corrected chi connectivity index (χ4v) is 8.26. The zero-order chi connectivity index (χ0) is 32.4. The first-order valence-corrected chi connectivity index (χ1v) is 17.0. The van der Waals surface area contributed by atoms with Crippen LogP contribution in [0.3, 0.4) is 0 Å². The number of aliphatic hydroxyl groups excluding tert-OH is 1. The van der Waals surface area contributed by atoms with Crippen LogP contribution in [0.4, 0.5) is 0 Å². The highest BCUT2D eigenvalue weighted by Gasteiger charge is 2.72. The van der Waals surface area contributed by atoms with Crippen LogP contribution in [-0.4, -0.2) is 100 Å². The number of hydrogen-bond acceptors (Lipinski definition) is 7. The van der Waals surface area contributed by atoms with Gasteiger partial charge in [-0.25, -0.2) is 0 Å². The highest BCUT2D eigenvalue weighted by Crippen LogP contribution is 2.53. The average molecular weight is 634 g/mol. The van der Waals surface area contributed by atoms with Crippen LogP contribution in [0.15, 0.2) is 54.6 Å². The van der Waals surface area contributed by atoms with E-state index in [0.717, 1.165) is 37.7 Å². The zero-order valence-corrected chi connectivity index (χ0v) is 27.0. The summed E-state index contributed by atoms with van der Waals surface area (Å²) in [5.41, 5.74) is -0.606. The Morgan fingerprint density at radius 1 is 0.978 bits per heavy atom. The first kappa shape index (κ1) is 32.4. The summed E-state index contributed by atoms with van der Waals surface area (Å²) in [6, 6.07) is 8.04. The molecular formula is C36H47N3O7. The van der Waals surface area contributed by atoms with Gasteiger partial charge in [-0.1, -0.05) is 73.9 Å². The SMILES string of the molecule is C[C@H]1[C@H](c2ccccc2)OC(=O)[C@@H]2[C@H](/C=C\CCC(=O)N1C)O[C@@]13C=CCN(C4CCCCC4)C(=O)[C@@H]1N(CCCCO)C(=O)[C@@H]23. The lowest BCUT2D eigenvalue weighted by molar-refractivity contribution is -0.164. The fraction of sp³-hybridized carbons (Fsp3) is 0.611. The topological polar surface area (TPSA) is 117 Å². The maximum absolute atomic E-state index is 14.6. The number of ether oxygens (including phenoxy) is 2. The molecule has 248 valence electrons. The molecule has 7 atom stereocenters. The van der Waals surface area contributed by atoms with Gasteiger partial charge in [0.2, 0.25) is 17.7 Å². The number of cyclic esters (lactones) is 1. The Bertz CT molecular complexity index is 1360. The second kappa shape index (κ2) is 13.7. The quantitative estimate of drug-likeness (QED) is 0.289. The van der Waals surface area contributed by atoms with Gasteiger partial charge in [0, 0.05) is 39.2 Å². The molecule has 1 aromatic carbocycles. The van der Waals surface area contributed by atoms with Gasteiger partial charge < -0.3 is 29.3 Å². The van der Waals surface area contributed by atoms with Gasteiger partial charge in [0.05, 0.1) is 18.1 Å². The maximum Gasteiger partial charge on any atom is 0.313 e. The van der Waals surface area contributed by atoms with Gasteiger partial charge in [0.15, 0.2) is 0 Å². The number of carbonyl (C=O) groups is 4. The Morgan fingerprint density at radius 2 is 1.74 bits per heavy atom. The first-order chi connectivity index (χ1) is 22.3. The molecule has 3 fully saturated rings. The van der Waals surface area contributed by atoms with Crippen molar-refractivity contribution >= 4 is 23.7 Å². The van der Waals surface area contributed by atoms with E-state index in [9.17, 15) is 24.3 Å². The van der Waals surface area contributed by atoms with Crippen molar-refractivity contribution in [3.8, 4) is 0 Å². The summed E-state index contributed by atoms with van der Waals surface area (Å²) in [7, 11) is 1.72. The molecule has 1 N–H and O–H groups in total. The smallest absolute Gasteiger partial charge is 0.313 e. The van der Waals surface area contributed by atoms with Crippen LogP contribution in [0, 0.1) is 11.8 Å². The molecule has 10 nitrogen and oxygen atoms in total. The number of benzene rings is 1. The van der Waals surface area contributed by atoms with Gasteiger partial charge >= 0.3 is 5.97 Å². The van der Waals surface area contributed by atoms with Gasteiger partial charge in [-0.3, -0.25) is 19.2 Å². The van der Waals surface area contributed by atoms with Crippen LogP contribution in [-0.2, 0) is 28.7 Å². The van der Waals surface area contributed by atoms with Crippen molar-refractivity contribution in [2.75, 3.05) is 26.7 Å². The van der Waals surface area contributed by atoms with E-state index < -0.39 is 47.7 Å². The van der Waals surface area contributed by atoms with E-state index in [0.29, 0.717) is 25.8 Å². The number of likely N-dealkylation sites (tertiary alicyclic amines) is 1. The summed E-state index contributed by atoms with van der Waals surface area (Å²) in [5, 5.41) is 9.51. The molecule has 1 spiro atoms. The standard InChI is InChI=1S/C36H47N3O7/c1-24-31(25-14-5-3-6-15-25)45-35(44)29-27(18-9-10-19-28(41)37(24)2)46-36-20-13-22-38(26-16-7-4-8-17-26)34(43)32(36)39(21-11-12-23-40)33(42)30(29)36/h3,5-6,9,13-15,18,20,24,26-27,29-32,40H,4,7-8,10-12,16-17,19,21-23H2,1-2H3/b18-9-/t24-,27-,29+,30+,31+,32-,36+/m0/s1. The zero-order valence-electron chi connectivity index (χ0n) is 27.0. The molecule has 0 aromatic heterocycles.